The molecule has 8 heteroatoms. The Morgan fingerprint density at radius 3 is 2.83 bits per heavy atom. The maximum atomic E-state index is 12.9. The molecule has 0 aliphatic heterocycles. The number of tetrazole rings is 1. The zero-order chi connectivity index (χ0) is 15.6. The number of hydrogen-bond donors (Lipinski definition) is 1. The van der Waals surface area contributed by atoms with Gasteiger partial charge in [0.15, 0.2) is 5.82 Å². The molecule has 0 atom stereocenters. The van der Waals surface area contributed by atoms with E-state index in [0.717, 1.165) is 30.1 Å². The second kappa shape index (κ2) is 5.86. The van der Waals surface area contributed by atoms with Gasteiger partial charge in [0.2, 0.25) is 5.82 Å². The van der Waals surface area contributed by atoms with E-state index in [9.17, 15) is 4.39 Å². The van der Waals surface area contributed by atoms with Crippen molar-refractivity contribution in [3.8, 4) is 11.4 Å². The molecule has 4 rings (SSSR count). The van der Waals surface area contributed by atoms with Crippen LogP contribution in [-0.4, -0.2) is 35.4 Å². The number of aromatic amines is 1. The molecule has 0 saturated heterocycles. The third kappa shape index (κ3) is 3.25. The number of aromatic nitrogens is 7. The van der Waals surface area contributed by atoms with Crippen molar-refractivity contribution in [2.24, 2.45) is 0 Å². The Morgan fingerprint density at radius 2 is 2.04 bits per heavy atom. The average Bonchev–Trinajstić information content (AvgIpc) is 3.12. The molecule has 0 amide bonds. The highest BCUT2D eigenvalue weighted by Gasteiger charge is 2.27. The molecular weight excluding hydrogens is 297 g/mol. The van der Waals surface area contributed by atoms with Crippen LogP contribution in [0.4, 0.5) is 4.39 Å². The SMILES string of the molecule is Fc1ccc(-c2nnn(CCCc3nc(C4CC4)n[nH]3)n2)cc1. The van der Waals surface area contributed by atoms with Gasteiger partial charge in [-0.3, -0.25) is 5.10 Å². The lowest BCUT2D eigenvalue weighted by Crippen LogP contribution is -2.04. The number of H-pyrrole nitrogens is 1. The van der Waals surface area contributed by atoms with E-state index in [1.165, 1.54) is 25.0 Å². The maximum absolute atomic E-state index is 12.9. The summed E-state index contributed by atoms with van der Waals surface area (Å²) in [6, 6.07) is 6.06. The van der Waals surface area contributed by atoms with Crippen molar-refractivity contribution >= 4 is 0 Å². The summed E-state index contributed by atoms with van der Waals surface area (Å²) < 4.78 is 12.9. The number of nitrogens with zero attached hydrogens (tertiary/aromatic N) is 6. The first-order chi connectivity index (χ1) is 11.3. The van der Waals surface area contributed by atoms with E-state index in [-0.39, 0.29) is 5.82 Å². The first kappa shape index (κ1) is 14.0. The standard InChI is InChI=1S/C15H16FN7/c16-12-7-5-11(6-8-12)15-20-22-23(21-15)9-1-2-13-17-14(19-18-13)10-3-4-10/h5-8,10H,1-4,9H2,(H,17,18,19). The Labute approximate surface area is 131 Å². The van der Waals surface area contributed by atoms with Crippen LogP contribution in [0.1, 0.15) is 36.8 Å². The number of halogens is 1. The van der Waals surface area contributed by atoms with E-state index in [1.54, 1.807) is 16.9 Å². The average molecular weight is 313 g/mol. The molecule has 23 heavy (non-hydrogen) atoms. The number of hydrogen-bond acceptors (Lipinski definition) is 5. The van der Waals surface area contributed by atoms with Gasteiger partial charge in [-0.25, -0.2) is 9.37 Å². The zero-order valence-electron chi connectivity index (χ0n) is 12.5. The molecule has 1 aliphatic rings. The third-order valence-corrected chi connectivity index (χ3v) is 3.82. The van der Waals surface area contributed by atoms with Gasteiger partial charge in [0.05, 0.1) is 6.54 Å². The Hall–Kier alpha value is -2.64. The fraction of sp³-hybridized carbons (Fsp3) is 0.400. The van der Waals surface area contributed by atoms with Gasteiger partial charge in [0.1, 0.15) is 11.6 Å². The highest BCUT2D eigenvalue weighted by Crippen LogP contribution is 2.37. The van der Waals surface area contributed by atoms with Crippen molar-refractivity contribution in [2.45, 2.75) is 38.1 Å². The minimum Gasteiger partial charge on any atom is -0.263 e. The molecule has 0 unspecified atom stereocenters. The Bertz CT molecular complexity index is 788. The normalized spacial score (nSPS) is 14.3. The number of benzene rings is 1. The molecule has 1 aliphatic carbocycles. The highest BCUT2D eigenvalue weighted by molar-refractivity contribution is 5.53. The smallest absolute Gasteiger partial charge is 0.204 e. The lowest BCUT2D eigenvalue weighted by molar-refractivity contribution is 0.496. The summed E-state index contributed by atoms with van der Waals surface area (Å²) in [7, 11) is 0. The fourth-order valence-electron chi connectivity index (χ4n) is 2.39. The summed E-state index contributed by atoms with van der Waals surface area (Å²) in [6.07, 6.45) is 4.05. The lowest BCUT2D eigenvalue weighted by Gasteiger charge is -1.97. The summed E-state index contributed by atoms with van der Waals surface area (Å²) in [5, 5.41) is 19.6. The molecule has 3 aromatic rings. The van der Waals surface area contributed by atoms with Crippen molar-refractivity contribution in [1.29, 1.82) is 0 Å². The van der Waals surface area contributed by atoms with E-state index in [1.807, 2.05) is 0 Å². The van der Waals surface area contributed by atoms with Crippen LogP contribution in [0.5, 0.6) is 0 Å². The van der Waals surface area contributed by atoms with E-state index < -0.39 is 0 Å². The second-order valence-electron chi connectivity index (χ2n) is 5.73. The van der Waals surface area contributed by atoms with Gasteiger partial charge >= 0.3 is 0 Å². The molecule has 0 spiro atoms. The van der Waals surface area contributed by atoms with E-state index in [2.05, 4.69) is 30.6 Å². The molecular formula is C15H16FN7. The molecule has 2 heterocycles. The Morgan fingerprint density at radius 1 is 1.22 bits per heavy atom. The third-order valence-electron chi connectivity index (χ3n) is 3.82. The van der Waals surface area contributed by atoms with Crippen LogP contribution in [0.3, 0.4) is 0 Å². The zero-order valence-corrected chi connectivity index (χ0v) is 12.5. The van der Waals surface area contributed by atoms with Crippen molar-refractivity contribution in [2.75, 3.05) is 0 Å². The van der Waals surface area contributed by atoms with Gasteiger partial charge in [-0.15, -0.1) is 10.2 Å². The second-order valence-corrected chi connectivity index (χ2v) is 5.73. The summed E-state index contributed by atoms with van der Waals surface area (Å²) in [6.45, 7) is 0.646. The molecule has 2 aromatic heterocycles. The van der Waals surface area contributed by atoms with Crippen molar-refractivity contribution < 1.29 is 4.39 Å². The van der Waals surface area contributed by atoms with Gasteiger partial charge in [-0.05, 0) is 48.7 Å². The van der Waals surface area contributed by atoms with Crippen LogP contribution in [-0.2, 0) is 13.0 Å². The van der Waals surface area contributed by atoms with Crippen LogP contribution in [0.25, 0.3) is 11.4 Å². The van der Waals surface area contributed by atoms with Crippen LogP contribution in [0.2, 0.25) is 0 Å². The first-order valence-corrected chi connectivity index (χ1v) is 7.73. The van der Waals surface area contributed by atoms with Crippen molar-refractivity contribution in [1.82, 2.24) is 35.4 Å². The van der Waals surface area contributed by atoms with E-state index in [0.29, 0.717) is 18.3 Å². The molecule has 0 radical (unpaired) electrons. The van der Waals surface area contributed by atoms with Crippen molar-refractivity contribution in [3.05, 3.63) is 41.7 Å². The Balaban J connectivity index is 1.33. The van der Waals surface area contributed by atoms with Gasteiger partial charge in [-0.1, -0.05) is 0 Å². The molecule has 1 N–H and O–H groups in total. The van der Waals surface area contributed by atoms with Gasteiger partial charge in [0.25, 0.3) is 0 Å². The molecule has 1 fully saturated rings. The first-order valence-electron chi connectivity index (χ1n) is 7.73. The molecule has 0 bridgehead atoms. The highest BCUT2D eigenvalue weighted by atomic mass is 19.1. The predicted molar refractivity (Wildman–Crippen MR) is 79.9 cm³/mol. The molecule has 118 valence electrons. The molecule has 7 nitrogen and oxygen atoms in total. The fourth-order valence-corrected chi connectivity index (χ4v) is 2.39. The summed E-state index contributed by atoms with van der Waals surface area (Å²) >= 11 is 0. The minimum absolute atomic E-state index is 0.279. The summed E-state index contributed by atoms with van der Waals surface area (Å²) in [5.74, 6) is 2.64. The van der Waals surface area contributed by atoms with Gasteiger partial charge < -0.3 is 0 Å². The van der Waals surface area contributed by atoms with Crippen LogP contribution in [0.15, 0.2) is 24.3 Å². The number of nitrogens with one attached hydrogen (secondary N) is 1. The van der Waals surface area contributed by atoms with E-state index >= 15 is 0 Å². The van der Waals surface area contributed by atoms with Gasteiger partial charge in [0, 0.05) is 17.9 Å². The predicted octanol–water partition coefficient (Wildman–Crippen LogP) is 2.11. The Kier molecular flexibility index (Phi) is 3.57. The molecule has 1 saturated carbocycles. The number of aryl methyl sites for hydroxylation is 2. The van der Waals surface area contributed by atoms with Crippen molar-refractivity contribution in [3.63, 3.8) is 0 Å². The van der Waals surface area contributed by atoms with Crippen LogP contribution in [0, 0.1) is 5.82 Å². The largest absolute Gasteiger partial charge is 0.263 e. The topological polar surface area (TPSA) is 85.2 Å². The minimum atomic E-state index is -0.279. The van der Waals surface area contributed by atoms with E-state index in [4.69, 9.17) is 0 Å². The van der Waals surface area contributed by atoms with Crippen LogP contribution < -0.4 is 0 Å². The summed E-state index contributed by atoms with van der Waals surface area (Å²) in [5.41, 5.74) is 0.752. The summed E-state index contributed by atoms with van der Waals surface area (Å²) in [4.78, 5) is 6.05. The lowest BCUT2D eigenvalue weighted by atomic mass is 10.2. The number of rotatable bonds is 6. The molecule has 1 aromatic carbocycles. The van der Waals surface area contributed by atoms with Gasteiger partial charge in [-0.2, -0.15) is 9.90 Å². The quantitative estimate of drug-likeness (QED) is 0.753. The van der Waals surface area contributed by atoms with Crippen LogP contribution >= 0.6 is 0 Å². The monoisotopic (exact) mass is 313 g/mol. The maximum Gasteiger partial charge on any atom is 0.204 e.